The van der Waals surface area contributed by atoms with Gasteiger partial charge in [-0.3, -0.25) is 0 Å². The predicted octanol–water partition coefficient (Wildman–Crippen LogP) is 2.24. The molecule has 1 aromatic carbocycles. The normalized spacial score (nSPS) is 23.6. The van der Waals surface area contributed by atoms with Crippen LogP contribution < -0.4 is 20.5 Å². The molecular formula is C16H25N3O3. The summed E-state index contributed by atoms with van der Waals surface area (Å²) in [6.07, 6.45) is 1.12. The summed E-state index contributed by atoms with van der Waals surface area (Å²) in [6.45, 7) is 4.28. The van der Waals surface area contributed by atoms with E-state index in [-0.39, 0.29) is 17.6 Å². The third kappa shape index (κ3) is 3.11. The van der Waals surface area contributed by atoms with E-state index in [1.54, 1.807) is 21.3 Å². The van der Waals surface area contributed by atoms with Crippen LogP contribution in [-0.4, -0.2) is 39.4 Å². The van der Waals surface area contributed by atoms with Crippen LogP contribution in [0.1, 0.15) is 20.3 Å². The fourth-order valence-electron chi connectivity index (χ4n) is 2.75. The molecule has 0 radical (unpaired) electrons. The molecule has 0 bridgehead atoms. The largest absolute Gasteiger partial charge is 0.493 e. The zero-order chi connectivity index (χ0) is 16.3. The van der Waals surface area contributed by atoms with Crippen LogP contribution in [0.5, 0.6) is 11.5 Å². The van der Waals surface area contributed by atoms with Gasteiger partial charge in [0.1, 0.15) is 0 Å². The number of anilines is 1. The fraction of sp³-hybridized carbons (Fsp3) is 0.562. The number of nitrogens with zero attached hydrogens (tertiary/aromatic N) is 1. The number of hydrogen-bond acceptors (Lipinski definition) is 4. The van der Waals surface area contributed by atoms with Crippen molar-refractivity contribution in [3.8, 4) is 11.5 Å². The number of benzene rings is 1. The number of nitrogens with one attached hydrogen (secondary N) is 1. The Balaban J connectivity index is 2.06. The number of nitrogens with two attached hydrogens (primary N) is 1. The van der Waals surface area contributed by atoms with Crippen molar-refractivity contribution in [2.75, 3.05) is 26.6 Å². The van der Waals surface area contributed by atoms with Crippen LogP contribution in [0.15, 0.2) is 23.2 Å². The SMILES string of the molecule is COc1ccc(NC(N)=NC2CC(OC)C2(C)C)cc1OC. The van der Waals surface area contributed by atoms with Crippen molar-refractivity contribution in [2.45, 2.75) is 32.4 Å². The zero-order valence-electron chi connectivity index (χ0n) is 13.8. The molecule has 3 N–H and O–H groups in total. The quantitative estimate of drug-likeness (QED) is 0.644. The van der Waals surface area contributed by atoms with Crippen LogP contribution in [0.2, 0.25) is 0 Å². The maximum Gasteiger partial charge on any atom is 0.193 e. The van der Waals surface area contributed by atoms with Crippen LogP contribution >= 0.6 is 0 Å². The molecule has 1 fully saturated rings. The molecule has 0 heterocycles. The van der Waals surface area contributed by atoms with Crippen molar-refractivity contribution in [3.05, 3.63) is 18.2 Å². The van der Waals surface area contributed by atoms with Crippen molar-refractivity contribution >= 4 is 11.6 Å². The second-order valence-corrected chi connectivity index (χ2v) is 6.01. The first-order valence-electron chi connectivity index (χ1n) is 7.27. The van der Waals surface area contributed by atoms with Gasteiger partial charge in [-0.25, -0.2) is 4.99 Å². The molecule has 2 unspecified atom stereocenters. The van der Waals surface area contributed by atoms with E-state index in [0.717, 1.165) is 12.1 Å². The molecule has 0 aliphatic heterocycles. The molecule has 1 aliphatic carbocycles. The van der Waals surface area contributed by atoms with E-state index < -0.39 is 0 Å². The Morgan fingerprint density at radius 2 is 1.91 bits per heavy atom. The zero-order valence-corrected chi connectivity index (χ0v) is 13.8. The lowest BCUT2D eigenvalue weighted by Gasteiger charge is -2.48. The van der Waals surface area contributed by atoms with Crippen LogP contribution in [0, 0.1) is 5.41 Å². The Morgan fingerprint density at radius 1 is 1.23 bits per heavy atom. The van der Waals surface area contributed by atoms with E-state index in [1.165, 1.54) is 0 Å². The van der Waals surface area contributed by atoms with E-state index in [1.807, 2.05) is 18.2 Å². The molecule has 2 atom stereocenters. The van der Waals surface area contributed by atoms with Crippen molar-refractivity contribution in [3.63, 3.8) is 0 Å². The monoisotopic (exact) mass is 307 g/mol. The number of rotatable bonds is 5. The molecule has 2 rings (SSSR count). The van der Waals surface area contributed by atoms with E-state index in [4.69, 9.17) is 19.9 Å². The highest BCUT2D eigenvalue weighted by Gasteiger charge is 2.48. The number of aliphatic imine (C=N–C) groups is 1. The molecule has 122 valence electrons. The summed E-state index contributed by atoms with van der Waals surface area (Å²) in [5.41, 5.74) is 6.82. The second kappa shape index (κ2) is 6.44. The molecule has 22 heavy (non-hydrogen) atoms. The first kappa shape index (κ1) is 16.4. The maximum atomic E-state index is 6.01. The van der Waals surface area contributed by atoms with Crippen molar-refractivity contribution < 1.29 is 14.2 Å². The Morgan fingerprint density at radius 3 is 2.45 bits per heavy atom. The first-order valence-corrected chi connectivity index (χ1v) is 7.27. The van der Waals surface area contributed by atoms with E-state index >= 15 is 0 Å². The van der Waals surface area contributed by atoms with Gasteiger partial charge in [-0.15, -0.1) is 0 Å². The lowest BCUT2D eigenvalue weighted by Crippen LogP contribution is -2.54. The van der Waals surface area contributed by atoms with Crippen molar-refractivity contribution in [2.24, 2.45) is 16.1 Å². The Kier molecular flexibility index (Phi) is 4.81. The number of hydrogen-bond donors (Lipinski definition) is 2. The smallest absolute Gasteiger partial charge is 0.193 e. The first-order chi connectivity index (χ1) is 10.4. The van der Waals surface area contributed by atoms with Gasteiger partial charge in [0.25, 0.3) is 0 Å². The van der Waals surface area contributed by atoms with E-state index in [2.05, 4.69) is 24.2 Å². The van der Waals surface area contributed by atoms with Gasteiger partial charge in [-0.2, -0.15) is 0 Å². The minimum absolute atomic E-state index is 0.00134. The molecule has 6 nitrogen and oxygen atoms in total. The highest BCUT2D eigenvalue weighted by Crippen LogP contribution is 2.44. The lowest BCUT2D eigenvalue weighted by atomic mass is 9.65. The van der Waals surface area contributed by atoms with Crippen LogP contribution in [0.4, 0.5) is 5.69 Å². The van der Waals surface area contributed by atoms with Crippen molar-refractivity contribution in [1.82, 2.24) is 0 Å². The summed E-state index contributed by atoms with van der Waals surface area (Å²) in [4.78, 5) is 4.56. The fourth-order valence-corrected chi connectivity index (χ4v) is 2.75. The van der Waals surface area contributed by atoms with E-state index in [0.29, 0.717) is 17.5 Å². The van der Waals surface area contributed by atoms with Gasteiger partial charge >= 0.3 is 0 Å². The summed E-state index contributed by atoms with van der Waals surface area (Å²) in [6, 6.07) is 5.67. The van der Waals surface area contributed by atoms with Crippen LogP contribution in [0.25, 0.3) is 0 Å². The third-order valence-electron chi connectivity index (χ3n) is 4.36. The van der Waals surface area contributed by atoms with Gasteiger partial charge < -0.3 is 25.3 Å². The van der Waals surface area contributed by atoms with Crippen LogP contribution in [0.3, 0.4) is 0 Å². The Bertz CT molecular complexity index is 558. The predicted molar refractivity (Wildman–Crippen MR) is 87.8 cm³/mol. The summed E-state index contributed by atoms with van der Waals surface area (Å²) < 4.78 is 15.9. The van der Waals surface area contributed by atoms with Gasteiger partial charge in [-0.1, -0.05) is 13.8 Å². The lowest BCUT2D eigenvalue weighted by molar-refractivity contribution is -0.0850. The number of guanidine groups is 1. The molecular weight excluding hydrogens is 282 g/mol. The molecule has 1 aliphatic rings. The molecule has 0 amide bonds. The topological polar surface area (TPSA) is 78.1 Å². The van der Waals surface area contributed by atoms with Gasteiger partial charge in [-0.05, 0) is 18.6 Å². The second-order valence-electron chi connectivity index (χ2n) is 6.01. The highest BCUT2D eigenvalue weighted by atomic mass is 16.5. The average Bonchev–Trinajstić information content (AvgIpc) is 2.50. The summed E-state index contributed by atoms with van der Waals surface area (Å²) >= 11 is 0. The van der Waals surface area contributed by atoms with Gasteiger partial charge in [0.05, 0.1) is 26.4 Å². The molecule has 1 aromatic rings. The summed E-state index contributed by atoms with van der Waals surface area (Å²) in [7, 11) is 4.93. The summed E-state index contributed by atoms with van der Waals surface area (Å²) in [5, 5.41) is 3.09. The molecule has 1 saturated carbocycles. The third-order valence-corrected chi connectivity index (χ3v) is 4.36. The van der Waals surface area contributed by atoms with E-state index in [9.17, 15) is 0 Å². The molecule has 0 aromatic heterocycles. The number of ether oxygens (including phenoxy) is 3. The maximum absolute atomic E-state index is 6.01. The standard InChI is InChI=1S/C16H25N3O3/c1-16(2)13(9-14(16)22-5)19-15(17)18-10-6-7-11(20-3)12(8-10)21-4/h6-8,13-14H,9H2,1-5H3,(H3,17,18,19). The average molecular weight is 307 g/mol. The Labute approximate surface area is 131 Å². The highest BCUT2D eigenvalue weighted by molar-refractivity contribution is 5.92. The van der Waals surface area contributed by atoms with Crippen molar-refractivity contribution in [1.29, 1.82) is 0 Å². The molecule has 0 saturated heterocycles. The van der Waals surface area contributed by atoms with Crippen LogP contribution in [-0.2, 0) is 4.74 Å². The molecule has 6 heteroatoms. The van der Waals surface area contributed by atoms with Gasteiger partial charge in [0.15, 0.2) is 17.5 Å². The van der Waals surface area contributed by atoms with Gasteiger partial charge in [0.2, 0.25) is 0 Å². The van der Waals surface area contributed by atoms with Gasteiger partial charge in [0, 0.05) is 24.3 Å². The molecule has 0 spiro atoms. The Hall–Kier alpha value is -1.95. The number of methoxy groups -OCH3 is 3. The minimum atomic E-state index is -0.00134. The summed E-state index contributed by atoms with van der Waals surface area (Å²) in [5.74, 6) is 1.70. The minimum Gasteiger partial charge on any atom is -0.493 e.